The first-order valence-electron chi connectivity index (χ1n) is 4.37. The molecule has 0 radical (unpaired) electrons. The van der Waals surface area contributed by atoms with Gasteiger partial charge in [0.2, 0.25) is 0 Å². The number of rotatable bonds is 4. The van der Waals surface area contributed by atoms with E-state index in [2.05, 4.69) is 27.7 Å². The molecule has 0 aliphatic carbocycles. The third-order valence-corrected chi connectivity index (χ3v) is 1.98. The molecule has 0 saturated carbocycles. The Morgan fingerprint density at radius 1 is 0.800 bits per heavy atom. The maximum atomic E-state index is 2.26. The molecule has 0 rings (SSSR count). The minimum atomic E-state index is 1.28. The van der Waals surface area contributed by atoms with E-state index in [4.69, 9.17) is 0 Å². The zero-order valence-electron chi connectivity index (χ0n) is 7.83. The van der Waals surface area contributed by atoms with Crippen LogP contribution in [0.25, 0.3) is 0 Å². The molecule has 0 saturated heterocycles. The Labute approximate surface area is 65.3 Å². The average molecular weight is 140 g/mol. The Kier molecular flexibility index (Phi) is 5.38. The Bertz CT molecular complexity index is 95.2. The lowest BCUT2D eigenvalue weighted by atomic mass is 10.0. The summed E-state index contributed by atoms with van der Waals surface area (Å²) >= 11 is 0. The van der Waals surface area contributed by atoms with E-state index in [1.807, 2.05) is 0 Å². The highest BCUT2D eigenvalue weighted by atomic mass is 14.0. The highest BCUT2D eigenvalue weighted by Gasteiger charge is 1.93. The Hall–Kier alpha value is -0.260. The molecule has 0 unspecified atom stereocenters. The molecule has 0 heteroatoms. The molecule has 0 spiro atoms. The van der Waals surface area contributed by atoms with Crippen molar-refractivity contribution in [3.8, 4) is 0 Å². The summed E-state index contributed by atoms with van der Waals surface area (Å²) in [4.78, 5) is 0. The van der Waals surface area contributed by atoms with Gasteiger partial charge >= 0.3 is 0 Å². The average Bonchev–Trinajstić information content (AvgIpc) is 1.89. The Morgan fingerprint density at radius 3 is 1.30 bits per heavy atom. The second-order valence-corrected chi connectivity index (χ2v) is 3.06. The van der Waals surface area contributed by atoms with Gasteiger partial charge in [0.1, 0.15) is 0 Å². The van der Waals surface area contributed by atoms with Crippen molar-refractivity contribution >= 4 is 0 Å². The fraction of sp³-hybridized carbons (Fsp3) is 0.800. The van der Waals surface area contributed by atoms with E-state index in [1.54, 1.807) is 11.1 Å². The van der Waals surface area contributed by atoms with Crippen LogP contribution >= 0.6 is 0 Å². The third kappa shape index (κ3) is 3.71. The molecule has 60 valence electrons. The predicted octanol–water partition coefficient (Wildman–Crippen LogP) is 3.92. The topological polar surface area (TPSA) is 0 Å². The van der Waals surface area contributed by atoms with Gasteiger partial charge in [0.25, 0.3) is 0 Å². The summed E-state index contributed by atoms with van der Waals surface area (Å²) in [6.07, 6.45) is 5.14. The molecule has 0 N–H and O–H groups in total. The first-order chi connectivity index (χ1) is 4.72. The van der Waals surface area contributed by atoms with Crippen LogP contribution in [-0.4, -0.2) is 0 Å². The van der Waals surface area contributed by atoms with Crippen molar-refractivity contribution in [1.29, 1.82) is 0 Å². The molecular formula is C10H20. The summed E-state index contributed by atoms with van der Waals surface area (Å²) < 4.78 is 0. The standard InChI is InChI=1S/C10H20/c1-5-7-9(3)10(4)8-6-2/h5-8H2,1-4H3/b10-9+. The van der Waals surface area contributed by atoms with Gasteiger partial charge in [0, 0.05) is 0 Å². The van der Waals surface area contributed by atoms with Crippen molar-refractivity contribution in [1.82, 2.24) is 0 Å². The van der Waals surface area contributed by atoms with E-state index in [0.29, 0.717) is 0 Å². The minimum absolute atomic E-state index is 1.28. The van der Waals surface area contributed by atoms with Crippen molar-refractivity contribution in [2.45, 2.75) is 53.4 Å². The lowest BCUT2D eigenvalue weighted by molar-refractivity contribution is 0.837. The van der Waals surface area contributed by atoms with Gasteiger partial charge in [-0.2, -0.15) is 0 Å². The molecule has 0 fully saturated rings. The molecule has 0 aromatic carbocycles. The van der Waals surface area contributed by atoms with Crippen LogP contribution in [0.4, 0.5) is 0 Å². The summed E-state index contributed by atoms with van der Waals surface area (Å²) in [7, 11) is 0. The SMILES string of the molecule is CCC/C(C)=C(\C)CCC. The van der Waals surface area contributed by atoms with E-state index in [1.165, 1.54) is 25.7 Å². The van der Waals surface area contributed by atoms with Gasteiger partial charge in [0.15, 0.2) is 0 Å². The summed E-state index contributed by atoms with van der Waals surface area (Å²) in [6.45, 7) is 8.99. The number of hydrogen-bond donors (Lipinski definition) is 0. The molecule has 0 aliphatic heterocycles. The lowest BCUT2D eigenvalue weighted by Crippen LogP contribution is -1.83. The van der Waals surface area contributed by atoms with Gasteiger partial charge in [-0.25, -0.2) is 0 Å². The number of allylic oxidation sites excluding steroid dienone is 2. The van der Waals surface area contributed by atoms with Crippen molar-refractivity contribution < 1.29 is 0 Å². The molecule has 0 heterocycles. The molecule has 0 aromatic heterocycles. The van der Waals surface area contributed by atoms with Crippen molar-refractivity contribution in [3.05, 3.63) is 11.1 Å². The summed E-state index contributed by atoms with van der Waals surface area (Å²) in [5.74, 6) is 0. The largest absolute Gasteiger partial charge is 0.0744 e. The van der Waals surface area contributed by atoms with Gasteiger partial charge in [0.05, 0.1) is 0 Å². The maximum Gasteiger partial charge on any atom is -0.0323 e. The van der Waals surface area contributed by atoms with Crippen LogP contribution in [0, 0.1) is 0 Å². The zero-order valence-corrected chi connectivity index (χ0v) is 7.83. The van der Waals surface area contributed by atoms with Crippen molar-refractivity contribution in [3.63, 3.8) is 0 Å². The van der Waals surface area contributed by atoms with E-state index in [9.17, 15) is 0 Å². The van der Waals surface area contributed by atoms with Crippen LogP contribution in [-0.2, 0) is 0 Å². The second kappa shape index (κ2) is 5.52. The van der Waals surface area contributed by atoms with E-state index in [0.717, 1.165) is 0 Å². The van der Waals surface area contributed by atoms with Gasteiger partial charge in [-0.15, -0.1) is 0 Å². The van der Waals surface area contributed by atoms with Crippen molar-refractivity contribution in [2.24, 2.45) is 0 Å². The van der Waals surface area contributed by atoms with Crippen LogP contribution < -0.4 is 0 Å². The highest BCUT2D eigenvalue weighted by Crippen LogP contribution is 2.13. The maximum absolute atomic E-state index is 2.26. The van der Waals surface area contributed by atoms with Crippen LogP contribution in [0.3, 0.4) is 0 Å². The second-order valence-electron chi connectivity index (χ2n) is 3.06. The quantitative estimate of drug-likeness (QED) is 0.519. The number of hydrogen-bond acceptors (Lipinski definition) is 0. The molecule has 0 atom stereocenters. The molecule has 0 aromatic rings. The van der Waals surface area contributed by atoms with Gasteiger partial charge in [-0.3, -0.25) is 0 Å². The Balaban J connectivity index is 3.79. The van der Waals surface area contributed by atoms with E-state index >= 15 is 0 Å². The first-order valence-corrected chi connectivity index (χ1v) is 4.37. The van der Waals surface area contributed by atoms with Crippen LogP contribution in [0.15, 0.2) is 11.1 Å². The van der Waals surface area contributed by atoms with Crippen LogP contribution in [0.5, 0.6) is 0 Å². The fourth-order valence-electron chi connectivity index (χ4n) is 1.18. The summed E-state index contributed by atoms with van der Waals surface area (Å²) in [5, 5.41) is 0. The Morgan fingerprint density at radius 2 is 1.10 bits per heavy atom. The van der Waals surface area contributed by atoms with Crippen molar-refractivity contribution in [2.75, 3.05) is 0 Å². The molecule has 10 heavy (non-hydrogen) atoms. The molecule has 0 bridgehead atoms. The van der Waals surface area contributed by atoms with Gasteiger partial charge in [-0.1, -0.05) is 37.8 Å². The van der Waals surface area contributed by atoms with E-state index < -0.39 is 0 Å². The van der Waals surface area contributed by atoms with Gasteiger partial charge in [-0.05, 0) is 26.7 Å². The molecule has 0 aliphatic rings. The van der Waals surface area contributed by atoms with Gasteiger partial charge < -0.3 is 0 Å². The smallest absolute Gasteiger partial charge is 0.0323 e. The van der Waals surface area contributed by atoms with Crippen LogP contribution in [0.2, 0.25) is 0 Å². The predicted molar refractivity (Wildman–Crippen MR) is 48.2 cm³/mol. The monoisotopic (exact) mass is 140 g/mol. The summed E-state index contributed by atoms with van der Waals surface area (Å²) in [5.41, 5.74) is 3.20. The molecular weight excluding hydrogens is 120 g/mol. The minimum Gasteiger partial charge on any atom is -0.0744 e. The third-order valence-electron chi connectivity index (χ3n) is 1.98. The lowest BCUT2D eigenvalue weighted by Gasteiger charge is -2.04. The van der Waals surface area contributed by atoms with E-state index in [-0.39, 0.29) is 0 Å². The summed E-state index contributed by atoms with van der Waals surface area (Å²) in [6, 6.07) is 0. The molecule has 0 amide bonds. The first kappa shape index (κ1) is 9.74. The van der Waals surface area contributed by atoms with Crippen LogP contribution in [0.1, 0.15) is 53.4 Å². The fourth-order valence-corrected chi connectivity index (χ4v) is 1.18. The zero-order chi connectivity index (χ0) is 7.98. The highest BCUT2D eigenvalue weighted by molar-refractivity contribution is 5.08. The molecule has 0 nitrogen and oxygen atoms in total. The normalized spacial score (nSPS) is 13.2.